The maximum atomic E-state index is 12.8. The van der Waals surface area contributed by atoms with Crippen LogP contribution in [-0.4, -0.2) is 59.7 Å². The number of amides is 2. The molecule has 4 rings (SSSR count). The molecule has 2 aliphatic heterocycles. The summed E-state index contributed by atoms with van der Waals surface area (Å²) in [6, 6.07) is 16.6. The van der Waals surface area contributed by atoms with Gasteiger partial charge in [0.25, 0.3) is 0 Å². The topological polar surface area (TPSA) is 109 Å². The zero-order valence-corrected chi connectivity index (χ0v) is 20.9. The van der Waals surface area contributed by atoms with E-state index in [4.69, 9.17) is 15.2 Å². The summed E-state index contributed by atoms with van der Waals surface area (Å²) in [5, 5.41) is 9.26. The van der Waals surface area contributed by atoms with Gasteiger partial charge in [-0.05, 0) is 55.5 Å². The molecular formula is C28H34N4O4. The van der Waals surface area contributed by atoms with Gasteiger partial charge in [-0.3, -0.25) is 4.79 Å². The number of piperidine rings is 1. The van der Waals surface area contributed by atoms with E-state index in [-0.39, 0.29) is 30.3 Å². The Balaban J connectivity index is 1.31. The smallest absolute Gasteiger partial charge is 0.410 e. The van der Waals surface area contributed by atoms with Gasteiger partial charge in [0, 0.05) is 32.5 Å². The number of rotatable bonds is 6. The third kappa shape index (κ3) is 5.97. The van der Waals surface area contributed by atoms with Crippen LogP contribution in [0.25, 0.3) is 11.1 Å². The summed E-state index contributed by atoms with van der Waals surface area (Å²) in [7, 11) is 0. The van der Waals surface area contributed by atoms with Crippen molar-refractivity contribution < 1.29 is 19.1 Å². The van der Waals surface area contributed by atoms with Gasteiger partial charge in [0.15, 0.2) is 0 Å². The molecule has 2 fully saturated rings. The van der Waals surface area contributed by atoms with Gasteiger partial charge in [0.1, 0.15) is 23.9 Å². The third-order valence-corrected chi connectivity index (χ3v) is 6.75. The molecule has 0 radical (unpaired) electrons. The van der Waals surface area contributed by atoms with Crippen LogP contribution in [0.15, 0.2) is 48.5 Å². The minimum absolute atomic E-state index is 0.0634. The second-order valence-corrected chi connectivity index (χ2v) is 9.68. The zero-order valence-electron chi connectivity index (χ0n) is 20.9. The van der Waals surface area contributed by atoms with Crippen molar-refractivity contribution in [1.29, 1.82) is 5.26 Å². The predicted octanol–water partition coefficient (Wildman–Crippen LogP) is 4.26. The van der Waals surface area contributed by atoms with Crippen LogP contribution in [-0.2, 0) is 9.53 Å². The molecule has 2 heterocycles. The fourth-order valence-electron chi connectivity index (χ4n) is 4.72. The molecule has 2 N–H and O–H groups in total. The minimum Gasteiger partial charge on any atom is -0.490 e. The summed E-state index contributed by atoms with van der Waals surface area (Å²) in [4.78, 5) is 28.2. The van der Waals surface area contributed by atoms with Crippen LogP contribution in [0.2, 0.25) is 0 Å². The van der Waals surface area contributed by atoms with Crippen molar-refractivity contribution in [2.45, 2.75) is 63.8 Å². The van der Waals surface area contributed by atoms with E-state index in [1.807, 2.05) is 62.4 Å². The first-order chi connectivity index (χ1) is 17.4. The Hall–Kier alpha value is -3.57. The van der Waals surface area contributed by atoms with Gasteiger partial charge >= 0.3 is 6.09 Å². The van der Waals surface area contributed by atoms with Gasteiger partial charge in [0.05, 0.1) is 12.2 Å². The van der Waals surface area contributed by atoms with Crippen molar-refractivity contribution in [2.75, 3.05) is 19.6 Å². The van der Waals surface area contributed by atoms with Crippen LogP contribution in [0.3, 0.4) is 0 Å². The number of nitriles is 1. The molecule has 2 amide bonds. The summed E-state index contributed by atoms with van der Waals surface area (Å²) in [5.74, 6) is 0.597. The van der Waals surface area contributed by atoms with E-state index in [9.17, 15) is 14.9 Å². The van der Waals surface area contributed by atoms with E-state index < -0.39 is 6.04 Å². The first-order valence-electron chi connectivity index (χ1n) is 12.6. The molecule has 0 aromatic heterocycles. The monoisotopic (exact) mass is 490 g/mol. The highest BCUT2D eigenvalue weighted by atomic mass is 16.6. The Morgan fingerprint density at radius 2 is 1.58 bits per heavy atom. The molecular weight excluding hydrogens is 456 g/mol. The van der Waals surface area contributed by atoms with Crippen molar-refractivity contribution in [3.8, 4) is 22.9 Å². The molecule has 36 heavy (non-hydrogen) atoms. The first kappa shape index (κ1) is 25.5. The van der Waals surface area contributed by atoms with Gasteiger partial charge in [-0.1, -0.05) is 36.4 Å². The average molecular weight is 491 g/mol. The van der Waals surface area contributed by atoms with Crippen LogP contribution in [0.1, 0.15) is 51.1 Å². The molecule has 8 heteroatoms. The van der Waals surface area contributed by atoms with Crippen LogP contribution >= 0.6 is 0 Å². The molecule has 2 saturated heterocycles. The Morgan fingerprint density at radius 1 is 0.972 bits per heavy atom. The summed E-state index contributed by atoms with van der Waals surface area (Å²) in [6.45, 7) is 5.54. The highest BCUT2D eigenvalue weighted by molar-refractivity contribution is 5.84. The van der Waals surface area contributed by atoms with Crippen LogP contribution in [0, 0.1) is 11.3 Å². The van der Waals surface area contributed by atoms with E-state index in [0.717, 1.165) is 41.7 Å². The van der Waals surface area contributed by atoms with Crippen molar-refractivity contribution in [3.63, 3.8) is 0 Å². The average Bonchev–Trinajstić information content (AvgIpc) is 3.37. The molecule has 2 aliphatic rings. The number of ether oxygens (including phenoxy) is 2. The standard InChI is InChI=1S/C28H34N4O4/c1-19(2)35-28(34)31-16-13-25(14-17-31)36-24-11-9-21(10-12-24)20-5-7-22(8-6-20)26(30)27(33)32-15-3-4-23(32)18-29/h5-12,19,23,25-26H,3-4,13-17,30H2,1-2H3/t23-,26?/m0/s1. The number of carbonyl (C=O) groups is 2. The number of hydrogen-bond acceptors (Lipinski definition) is 6. The van der Waals surface area contributed by atoms with Crippen molar-refractivity contribution in [1.82, 2.24) is 9.80 Å². The number of nitrogens with zero attached hydrogens (tertiary/aromatic N) is 3. The molecule has 1 unspecified atom stereocenters. The Labute approximate surface area is 212 Å². The van der Waals surface area contributed by atoms with E-state index in [1.54, 1.807) is 9.80 Å². The normalized spacial score (nSPS) is 19.1. The van der Waals surface area contributed by atoms with E-state index in [1.165, 1.54) is 0 Å². The number of benzene rings is 2. The fourth-order valence-corrected chi connectivity index (χ4v) is 4.72. The van der Waals surface area contributed by atoms with E-state index in [0.29, 0.717) is 26.1 Å². The van der Waals surface area contributed by atoms with Crippen LogP contribution in [0.4, 0.5) is 4.79 Å². The summed E-state index contributed by atoms with van der Waals surface area (Å²) < 4.78 is 11.4. The Morgan fingerprint density at radius 3 is 2.17 bits per heavy atom. The van der Waals surface area contributed by atoms with Crippen LogP contribution < -0.4 is 10.5 Å². The molecule has 2 aromatic carbocycles. The molecule has 8 nitrogen and oxygen atoms in total. The van der Waals surface area contributed by atoms with E-state index in [2.05, 4.69) is 6.07 Å². The van der Waals surface area contributed by atoms with Crippen molar-refractivity contribution in [3.05, 3.63) is 54.1 Å². The van der Waals surface area contributed by atoms with Gasteiger partial charge in [-0.25, -0.2) is 4.79 Å². The lowest BCUT2D eigenvalue weighted by Gasteiger charge is -2.32. The molecule has 0 bridgehead atoms. The second kappa shape index (κ2) is 11.4. The summed E-state index contributed by atoms with van der Waals surface area (Å²) >= 11 is 0. The SMILES string of the molecule is CC(C)OC(=O)N1CCC(Oc2ccc(-c3ccc(C(N)C(=O)N4CCC[C@H]4C#N)cc3)cc2)CC1. The molecule has 0 saturated carbocycles. The highest BCUT2D eigenvalue weighted by Gasteiger charge is 2.32. The molecule has 2 aromatic rings. The predicted molar refractivity (Wildman–Crippen MR) is 136 cm³/mol. The maximum Gasteiger partial charge on any atom is 0.410 e. The highest BCUT2D eigenvalue weighted by Crippen LogP contribution is 2.27. The first-order valence-corrected chi connectivity index (χ1v) is 12.6. The minimum atomic E-state index is -0.776. The van der Waals surface area contributed by atoms with Crippen molar-refractivity contribution in [2.24, 2.45) is 5.73 Å². The van der Waals surface area contributed by atoms with E-state index >= 15 is 0 Å². The quantitative estimate of drug-likeness (QED) is 0.648. The maximum absolute atomic E-state index is 12.8. The Kier molecular flexibility index (Phi) is 8.11. The zero-order chi connectivity index (χ0) is 25.7. The number of nitrogens with two attached hydrogens (primary N) is 1. The van der Waals surface area contributed by atoms with Crippen molar-refractivity contribution >= 4 is 12.0 Å². The lowest BCUT2D eigenvalue weighted by atomic mass is 10.00. The molecule has 0 spiro atoms. The number of likely N-dealkylation sites (tertiary alicyclic amines) is 2. The summed E-state index contributed by atoms with van der Waals surface area (Å²) in [6.07, 6.45) is 2.76. The van der Waals surface area contributed by atoms with Gasteiger partial charge < -0.3 is 25.0 Å². The molecule has 0 aliphatic carbocycles. The molecule has 2 atom stereocenters. The van der Waals surface area contributed by atoms with Crippen LogP contribution in [0.5, 0.6) is 5.75 Å². The summed E-state index contributed by atoms with van der Waals surface area (Å²) in [5.41, 5.74) is 9.01. The second-order valence-electron chi connectivity index (χ2n) is 9.68. The number of carbonyl (C=O) groups excluding carboxylic acids is 2. The lowest BCUT2D eigenvalue weighted by Crippen LogP contribution is -2.42. The van der Waals surface area contributed by atoms with Gasteiger partial charge in [0.2, 0.25) is 5.91 Å². The largest absolute Gasteiger partial charge is 0.490 e. The number of hydrogen-bond donors (Lipinski definition) is 1. The Bertz CT molecular complexity index is 1090. The fraction of sp³-hybridized carbons (Fsp3) is 0.464. The van der Waals surface area contributed by atoms with Gasteiger partial charge in [-0.15, -0.1) is 0 Å². The van der Waals surface area contributed by atoms with Gasteiger partial charge in [-0.2, -0.15) is 5.26 Å². The lowest BCUT2D eigenvalue weighted by molar-refractivity contribution is -0.132. The molecule has 190 valence electrons. The third-order valence-electron chi connectivity index (χ3n) is 6.75.